The van der Waals surface area contributed by atoms with Crippen molar-refractivity contribution in [3.05, 3.63) is 0 Å². The van der Waals surface area contributed by atoms with Gasteiger partial charge in [0.15, 0.2) is 0 Å². The van der Waals surface area contributed by atoms with Crippen LogP contribution in [0.25, 0.3) is 0 Å². The average molecular weight is 147 g/mol. The summed E-state index contributed by atoms with van der Waals surface area (Å²) in [5, 5.41) is 0. The van der Waals surface area contributed by atoms with Crippen LogP contribution in [0.1, 0.15) is 20.3 Å². The molecule has 0 aliphatic heterocycles. The lowest BCUT2D eigenvalue weighted by Gasteiger charge is -2.19. The summed E-state index contributed by atoms with van der Waals surface area (Å²) >= 11 is 0. The van der Waals surface area contributed by atoms with Crippen LogP contribution in [0.15, 0.2) is 0 Å². The zero-order valence-corrected chi connectivity index (χ0v) is 7.69. The van der Waals surface area contributed by atoms with Gasteiger partial charge in [0.05, 0.1) is 9.68 Å². The van der Waals surface area contributed by atoms with E-state index in [1.54, 1.807) is 6.92 Å². The third kappa shape index (κ3) is 8.10. The molecule has 0 unspecified atom stereocenters. The minimum absolute atomic E-state index is 0.193. The fraction of sp³-hybridized carbons (Fsp3) is 1.00. The molecule has 0 spiro atoms. The quantitative estimate of drug-likeness (QED) is 0.274. The van der Waals surface area contributed by atoms with Crippen LogP contribution in [-0.4, -0.2) is 15.5 Å². The molecule has 4 heteroatoms. The van der Waals surface area contributed by atoms with E-state index in [1.807, 2.05) is 0 Å². The Balaban J connectivity index is 3.07. The molecule has 0 radical (unpaired) electrons. The maximum Gasteiger partial charge on any atom is 0.108 e. The van der Waals surface area contributed by atoms with Crippen LogP contribution >= 0.6 is 0 Å². The first-order chi connectivity index (χ1) is 4.06. The Morgan fingerprint density at radius 1 is 1.56 bits per heavy atom. The van der Waals surface area contributed by atoms with Crippen molar-refractivity contribution in [1.82, 2.24) is 4.98 Å². The van der Waals surface area contributed by atoms with E-state index in [2.05, 4.69) is 11.9 Å². The van der Waals surface area contributed by atoms with Crippen molar-refractivity contribution in [2.24, 2.45) is 11.5 Å². The maximum absolute atomic E-state index is 5.48. The molecule has 0 atom stereocenters. The summed E-state index contributed by atoms with van der Waals surface area (Å²) in [5.41, 5.74) is 11.0. The topological polar surface area (TPSA) is 64.1 Å². The lowest BCUT2D eigenvalue weighted by atomic mass is 10.5. The zero-order chi connectivity index (χ0) is 7.33. The van der Waals surface area contributed by atoms with Gasteiger partial charge in [-0.15, -0.1) is 0 Å². The van der Waals surface area contributed by atoms with Crippen molar-refractivity contribution >= 4 is 9.68 Å². The Kier molecular flexibility index (Phi) is 4.04. The third-order valence-electron chi connectivity index (χ3n) is 1.04. The number of nitrogens with two attached hydrogens (primary N) is 2. The molecule has 0 aromatic carbocycles. The van der Waals surface area contributed by atoms with Gasteiger partial charge < -0.3 is 16.4 Å². The number of nitrogens with one attached hydrogen (secondary N) is 1. The molecule has 0 heterocycles. The van der Waals surface area contributed by atoms with Gasteiger partial charge in [0.25, 0.3) is 0 Å². The average Bonchev–Trinajstić information content (AvgIpc) is 1.63. The molecule has 0 aromatic heterocycles. The Hall–Kier alpha value is 0.0969. The highest BCUT2D eigenvalue weighted by molar-refractivity contribution is 6.32. The molecule has 3 nitrogen and oxygen atoms in total. The van der Waals surface area contributed by atoms with Gasteiger partial charge in [-0.25, -0.2) is 0 Å². The van der Waals surface area contributed by atoms with E-state index >= 15 is 0 Å². The maximum atomic E-state index is 5.48. The standard InChI is InChI=1S/C5H17N3Si/c1-3-4-9-8-5(2,6)7/h8H,3-4,6-7,9H2,1-2H3. The van der Waals surface area contributed by atoms with Crippen molar-refractivity contribution in [3.8, 4) is 0 Å². The zero-order valence-electron chi connectivity index (χ0n) is 6.28. The first kappa shape index (κ1) is 9.10. The van der Waals surface area contributed by atoms with Gasteiger partial charge in [0, 0.05) is 0 Å². The lowest BCUT2D eigenvalue weighted by Crippen LogP contribution is -2.59. The van der Waals surface area contributed by atoms with Crippen LogP contribution in [0.3, 0.4) is 0 Å². The number of hydrogen-bond donors (Lipinski definition) is 3. The Morgan fingerprint density at radius 2 is 2.11 bits per heavy atom. The van der Waals surface area contributed by atoms with E-state index in [9.17, 15) is 0 Å². The summed E-state index contributed by atoms with van der Waals surface area (Å²) < 4.78 is 0. The summed E-state index contributed by atoms with van der Waals surface area (Å²) in [5.74, 6) is -0.638. The normalized spacial score (nSPS) is 13.3. The highest BCUT2D eigenvalue weighted by atomic mass is 28.2. The Labute approximate surface area is 59.1 Å². The van der Waals surface area contributed by atoms with E-state index in [0.717, 1.165) is 0 Å². The van der Waals surface area contributed by atoms with E-state index in [0.29, 0.717) is 0 Å². The second-order valence-electron chi connectivity index (χ2n) is 2.56. The minimum Gasteiger partial charge on any atom is -0.314 e. The van der Waals surface area contributed by atoms with Gasteiger partial charge in [-0.05, 0) is 6.92 Å². The summed E-state index contributed by atoms with van der Waals surface area (Å²) in [7, 11) is -0.193. The van der Waals surface area contributed by atoms with Crippen LogP contribution in [0.4, 0.5) is 0 Å². The molecule has 0 saturated heterocycles. The van der Waals surface area contributed by atoms with E-state index in [1.165, 1.54) is 12.5 Å². The highest BCUT2D eigenvalue weighted by Crippen LogP contribution is 1.84. The van der Waals surface area contributed by atoms with Gasteiger partial charge in [-0.1, -0.05) is 19.4 Å². The number of rotatable bonds is 4. The van der Waals surface area contributed by atoms with Crippen LogP contribution in [0, 0.1) is 0 Å². The lowest BCUT2D eigenvalue weighted by molar-refractivity contribution is 0.464. The van der Waals surface area contributed by atoms with Crippen LogP contribution in [-0.2, 0) is 0 Å². The van der Waals surface area contributed by atoms with E-state index in [-0.39, 0.29) is 9.68 Å². The molecule has 5 N–H and O–H groups in total. The molecule has 0 saturated carbocycles. The molecule has 0 amide bonds. The van der Waals surface area contributed by atoms with Gasteiger partial charge in [-0.2, -0.15) is 0 Å². The molecule has 56 valence electrons. The molecular weight excluding hydrogens is 130 g/mol. The fourth-order valence-corrected chi connectivity index (χ4v) is 1.60. The van der Waals surface area contributed by atoms with Gasteiger partial charge in [-0.3, -0.25) is 0 Å². The first-order valence-electron chi connectivity index (χ1n) is 3.39. The van der Waals surface area contributed by atoms with Crippen LogP contribution in [0.5, 0.6) is 0 Å². The molecular formula is C5H17N3Si. The van der Waals surface area contributed by atoms with Crippen LogP contribution < -0.4 is 16.4 Å². The second-order valence-corrected chi connectivity index (χ2v) is 4.12. The number of hydrogen-bond acceptors (Lipinski definition) is 3. The predicted octanol–water partition coefficient (Wildman–Crippen LogP) is -0.921. The molecule has 0 fully saturated rings. The second kappa shape index (κ2) is 4.00. The SMILES string of the molecule is CCC[SiH2]NC(C)(N)N. The van der Waals surface area contributed by atoms with Crippen LogP contribution in [0.2, 0.25) is 6.04 Å². The Morgan fingerprint density at radius 3 is 2.44 bits per heavy atom. The summed E-state index contributed by atoms with van der Waals surface area (Å²) in [4.78, 5) is 3.12. The molecule has 9 heavy (non-hydrogen) atoms. The van der Waals surface area contributed by atoms with Gasteiger partial charge >= 0.3 is 0 Å². The summed E-state index contributed by atoms with van der Waals surface area (Å²) in [6.45, 7) is 3.95. The summed E-state index contributed by atoms with van der Waals surface area (Å²) in [6.07, 6.45) is 1.23. The fourth-order valence-electron chi connectivity index (χ4n) is 0.535. The predicted molar refractivity (Wildman–Crippen MR) is 43.6 cm³/mol. The van der Waals surface area contributed by atoms with Crippen molar-refractivity contribution in [3.63, 3.8) is 0 Å². The minimum atomic E-state index is -0.638. The van der Waals surface area contributed by atoms with Crippen molar-refractivity contribution in [1.29, 1.82) is 0 Å². The third-order valence-corrected chi connectivity index (χ3v) is 3.11. The smallest absolute Gasteiger partial charge is 0.108 e. The van der Waals surface area contributed by atoms with E-state index < -0.39 is 5.79 Å². The van der Waals surface area contributed by atoms with Crippen molar-refractivity contribution < 1.29 is 0 Å². The highest BCUT2D eigenvalue weighted by Gasteiger charge is 2.06. The molecule has 0 aliphatic carbocycles. The Bertz CT molecular complexity index is 69.1. The monoisotopic (exact) mass is 147 g/mol. The first-order valence-corrected chi connectivity index (χ1v) is 5.10. The molecule has 0 aliphatic rings. The van der Waals surface area contributed by atoms with Crippen molar-refractivity contribution in [2.45, 2.75) is 32.1 Å². The summed E-state index contributed by atoms with van der Waals surface area (Å²) in [6, 6.07) is 1.27. The molecule has 0 rings (SSSR count). The van der Waals surface area contributed by atoms with Crippen molar-refractivity contribution in [2.75, 3.05) is 0 Å². The van der Waals surface area contributed by atoms with Gasteiger partial charge in [0.2, 0.25) is 0 Å². The van der Waals surface area contributed by atoms with E-state index in [4.69, 9.17) is 11.5 Å². The van der Waals surface area contributed by atoms with Gasteiger partial charge in [0.1, 0.15) is 5.79 Å². The largest absolute Gasteiger partial charge is 0.314 e. The molecule has 0 aromatic rings. The molecule has 0 bridgehead atoms.